The van der Waals surface area contributed by atoms with Crippen LogP contribution in [0.25, 0.3) is 0 Å². The second-order valence-electron chi connectivity index (χ2n) is 11.1. The maximum Gasteiger partial charge on any atom is 0.412 e. The zero-order chi connectivity index (χ0) is 32.1. The lowest BCUT2D eigenvalue weighted by Crippen LogP contribution is -2.27. The van der Waals surface area contributed by atoms with E-state index in [-0.39, 0.29) is 31.3 Å². The zero-order valence-corrected chi connectivity index (χ0v) is 26.1. The van der Waals surface area contributed by atoms with Crippen LogP contribution < -0.4 is 10.6 Å². The Bertz CT molecular complexity index is 1140. The van der Waals surface area contributed by atoms with E-state index in [9.17, 15) is 24.3 Å². The number of amides is 2. The van der Waals surface area contributed by atoms with Gasteiger partial charge < -0.3 is 24.1 Å². The molecule has 2 aromatic carbocycles. The van der Waals surface area contributed by atoms with Gasteiger partial charge in [-0.25, -0.2) is 9.59 Å². The van der Waals surface area contributed by atoms with Crippen molar-refractivity contribution in [1.29, 1.82) is 0 Å². The predicted molar refractivity (Wildman–Crippen MR) is 160 cm³/mol. The summed E-state index contributed by atoms with van der Waals surface area (Å²) in [7, 11) is 2.63. The lowest BCUT2D eigenvalue weighted by molar-refractivity contribution is -0.140. The van der Waals surface area contributed by atoms with Gasteiger partial charge in [-0.1, -0.05) is 12.1 Å². The van der Waals surface area contributed by atoms with Crippen LogP contribution in [-0.2, 0) is 53.9 Å². The summed E-state index contributed by atoms with van der Waals surface area (Å²) < 4.78 is 19.6. The van der Waals surface area contributed by atoms with E-state index in [0.717, 1.165) is 5.56 Å². The van der Waals surface area contributed by atoms with Crippen molar-refractivity contribution < 1.29 is 43.2 Å². The van der Waals surface area contributed by atoms with Gasteiger partial charge in [0, 0.05) is 17.3 Å². The number of aliphatic hydroxyl groups is 1. The van der Waals surface area contributed by atoms with Crippen LogP contribution in [-0.4, -0.2) is 54.7 Å². The molecule has 0 aliphatic rings. The van der Waals surface area contributed by atoms with Crippen molar-refractivity contribution in [2.45, 2.75) is 78.1 Å². The first-order chi connectivity index (χ1) is 19.5. The first kappa shape index (κ1) is 36.2. The highest BCUT2D eigenvalue weighted by molar-refractivity contribution is 6.17. The molecule has 3 N–H and O–H groups in total. The molecule has 2 rings (SSSR count). The number of alkyl halides is 1. The Morgan fingerprint density at radius 1 is 0.667 bits per heavy atom. The van der Waals surface area contributed by atoms with E-state index in [0.29, 0.717) is 28.1 Å². The molecule has 0 aromatic heterocycles. The molecular formula is C30H41ClN2O9. The number of anilines is 2. The summed E-state index contributed by atoms with van der Waals surface area (Å²) >= 11 is 5.82. The molecule has 0 saturated carbocycles. The maximum atomic E-state index is 11.8. The molecule has 2 aromatic rings. The molecule has 0 saturated heterocycles. The van der Waals surface area contributed by atoms with Gasteiger partial charge in [0.1, 0.15) is 11.2 Å². The van der Waals surface area contributed by atoms with E-state index in [2.05, 4.69) is 20.1 Å². The monoisotopic (exact) mass is 608 g/mol. The fourth-order valence-electron chi connectivity index (χ4n) is 3.36. The topological polar surface area (TPSA) is 149 Å². The van der Waals surface area contributed by atoms with Crippen LogP contribution in [0.4, 0.5) is 21.0 Å². The average molecular weight is 609 g/mol. The second kappa shape index (κ2) is 16.6. The fourth-order valence-corrected chi connectivity index (χ4v) is 3.52. The van der Waals surface area contributed by atoms with Crippen LogP contribution in [0.15, 0.2) is 36.4 Å². The Balaban J connectivity index is 0.000000420. The number of methoxy groups -OCH3 is 2. The predicted octanol–water partition coefficient (Wildman–Crippen LogP) is 5.73. The highest BCUT2D eigenvalue weighted by atomic mass is 35.5. The normalized spacial score (nSPS) is 10.9. The summed E-state index contributed by atoms with van der Waals surface area (Å²) in [5.41, 5.74) is 2.53. The van der Waals surface area contributed by atoms with Gasteiger partial charge in [0.2, 0.25) is 0 Å². The third-order valence-electron chi connectivity index (χ3n) is 4.88. The molecule has 0 radical (unpaired) electrons. The van der Waals surface area contributed by atoms with E-state index in [1.54, 1.807) is 77.9 Å². The Labute approximate surface area is 251 Å². The molecule has 42 heavy (non-hydrogen) atoms. The number of halogens is 1. The smallest absolute Gasteiger partial charge is 0.412 e. The van der Waals surface area contributed by atoms with Crippen LogP contribution in [0.2, 0.25) is 0 Å². The summed E-state index contributed by atoms with van der Waals surface area (Å²) in [6.07, 6.45) is -0.975. The number of carbonyl (C=O) groups is 4. The van der Waals surface area contributed by atoms with Crippen molar-refractivity contribution in [2.24, 2.45) is 0 Å². The van der Waals surface area contributed by atoms with Crippen molar-refractivity contribution in [1.82, 2.24) is 0 Å². The highest BCUT2D eigenvalue weighted by Crippen LogP contribution is 2.20. The summed E-state index contributed by atoms with van der Waals surface area (Å²) in [4.78, 5) is 46.1. The lowest BCUT2D eigenvalue weighted by Gasteiger charge is -2.20. The molecule has 0 atom stereocenters. The summed E-state index contributed by atoms with van der Waals surface area (Å²) in [6.45, 7) is 10.4. The maximum absolute atomic E-state index is 11.8. The number of benzene rings is 2. The third kappa shape index (κ3) is 15.2. The van der Waals surface area contributed by atoms with E-state index >= 15 is 0 Å². The minimum absolute atomic E-state index is 0.0628. The van der Waals surface area contributed by atoms with Gasteiger partial charge in [-0.15, -0.1) is 11.6 Å². The average Bonchev–Trinajstić information content (AvgIpc) is 2.86. The van der Waals surface area contributed by atoms with Crippen molar-refractivity contribution >= 4 is 47.1 Å². The Morgan fingerprint density at radius 3 is 1.36 bits per heavy atom. The molecule has 0 bridgehead atoms. The van der Waals surface area contributed by atoms with Gasteiger partial charge in [0.15, 0.2) is 0 Å². The SMILES string of the molecule is COC(=O)Cc1cc(CCl)cc(NC(=O)OC(C)(C)C)c1.COC(=O)Cc1cc(CO)cc(NC(=O)OC(C)(C)C)c1. The summed E-state index contributed by atoms with van der Waals surface area (Å²) in [6, 6.07) is 10.2. The van der Waals surface area contributed by atoms with Gasteiger partial charge in [-0.3, -0.25) is 20.2 Å². The molecule has 2 amide bonds. The molecule has 0 spiro atoms. The first-order valence-electron chi connectivity index (χ1n) is 13.0. The largest absolute Gasteiger partial charge is 0.469 e. The number of esters is 2. The lowest BCUT2D eigenvalue weighted by atomic mass is 10.1. The zero-order valence-electron chi connectivity index (χ0n) is 25.4. The molecule has 0 unspecified atom stereocenters. The van der Waals surface area contributed by atoms with Crippen LogP contribution in [0.1, 0.15) is 63.8 Å². The first-order valence-corrected chi connectivity index (χ1v) is 13.6. The van der Waals surface area contributed by atoms with Gasteiger partial charge >= 0.3 is 24.1 Å². The molecule has 0 aliphatic heterocycles. The molecule has 0 fully saturated rings. The number of carbonyl (C=O) groups excluding carboxylic acids is 4. The van der Waals surface area contributed by atoms with E-state index in [1.807, 2.05) is 0 Å². The number of nitrogens with one attached hydrogen (secondary N) is 2. The van der Waals surface area contributed by atoms with Crippen molar-refractivity contribution in [2.75, 3.05) is 24.9 Å². The quantitative estimate of drug-likeness (QED) is 0.194. The molecule has 232 valence electrons. The van der Waals surface area contributed by atoms with Gasteiger partial charge in [0.05, 0.1) is 33.7 Å². The number of ether oxygens (including phenoxy) is 4. The van der Waals surface area contributed by atoms with E-state index in [4.69, 9.17) is 21.1 Å². The molecule has 11 nitrogen and oxygen atoms in total. The minimum Gasteiger partial charge on any atom is -0.469 e. The standard InChI is InChI=1S/C15H20ClNO4.C15H21NO5/c1-15(2,3)21-14(19)17-12-6-10(8-13(18)20-4)5-11(7-12)9-16;1-15(2,3)21-14(19)16-12-6-10(8-13(18)20-4)5-11(7-12)9-17/h5-7H,8-9H2,1-4H3,(H,17,19);5-7,17H,8-9H2,1-4H3,(H,16,19). The number of rotatable bonds is 8. The minimum atomic E-state index is -0.604. The molecule has 12 heteroatoms. The Kier molecular flexibility index (Phi) is 14.3. The number of hydrogen-bond acceptors (Lipinski definition) is 9. The second-order valence-corrected chi connectivity index (χ2v) is 11.4. The third-order valence-corrected chi connectivity index (χ3v) is 5.19. The van der Waals surface area contributed by atoms with Crippen molar-refractivity contribution in [3.05, 3.63) is 58.7 Å². The summed E-state index contributed by atoms with van der Waals surface area (Å²) in [5.74, 6) is -0.476. The molecule has 0 aliphatic carbocycles. The number of hydrogen-bond donors (Lipinski definition) is 3. The van der Waals surface area contributed by atoms with Crippen molar-refractivity contribution in [3.63, 3.8) is 0 Å². The van der Waals surface area contributed by atoms with Crippen LogP contribution in [0, 0.1) is 0 Å². The molecule has 0 heterocycles. The fraction of sp³-hybridized carbons (Fsp3) is 0.467. The van der Waals surface area contributed by atoms with E-state index in [1.165, 1.54) is 14.2 Å². The summed E-state index contributed by atoms with van der Waals surface area (Å²) in [5, 5.41) is 14.5. The highest BCUT2D eigenvalue weighted by Gasteiger charge is 2.18. The molecular weight excluding hydrogens is 568 g/mol. The van der Waals surface area contributed by atoms with Gasteiger partial charge in [-0.05, 0) is 88.1 Å². The van der Waals surface area contributed by atoms with Crippen LogP contribution in [0.3, 0.4) is 0 Å². The Hall–Kier alpha value is -3.83. The van der Waals surface area contributed by atoms with Crippen LogP contribution in [0.5, 0.6) is 0 Å². The van der Waals surface area contributed by atoms with Gasteiger partial charge in [-0.2, -0.15) is 0 Å². The van der Waals surface area contributed by atoms with Crippen LogP contribution >= 0.6 is 11.6 Å². The Morgan fingerprint density at radius 2 is 1.02 bits per heavy atom. The van der Waals surface area contributed by atoms with E-state index < -0.39 is 29.4 Å². The van der Waals surface area contributed by atoms with Gasteiger partial charge in [0.25, 0.3) is 0 Å². The van der Waals surface area contributed by atoms with Crippen molar-refractivity contribution in [3.8, 4) is 0 Å². The number of aliphatic hydroxyl groups excluding tert-OH is 1.